The van der Waals surface area contributed by atoms with E-state index in [-0.39, 0.29) is 6.61 Å². The van der Waals surface area contributed by atoms with Crippen LogP contribution < -0.4 is 5.32 Å². The van der Waals surface area contributed by atoms with Crippen molar-refractivity contribution in [2.24, 2.45) is 0 Å². The lowest BCUT2D eigenvalue weighted by molar-refractivity contribution is -0.119. The SMILES string of the molecule is O=C(COC(=O)c1ccc(-c2ncc[nH]2)cc1)Nc1ccccc1Br. The van der Waals surface area contributed by atoms with E-state index >= 15 is 0 Å². The molecule has 0 bridgehead atoms. The number of nitrogens with zero attached hydrogens (tertiary/aromatic N) is 1. The van der Waals surface area contributed by atoms with Crippen LogP contribution in [0.3, 0.4) is 0 Å². The summed E-state index contributed by atoms with van der Waals surface area (Å²) in [5.74, 6) is -0.256. The van der Waals surface area contributed by atoms with Gasteiger partial charge in [-0.15, -0.1) is 0 Å². The second-order valence-electron chi connectivity index (χ2n) is 5.12. The van der Waals surface area contributed by atoms with Crippen molar-refractivity contribution in [3.8, 4) is 11.4 Å². The molecule has 1 heterocycles. The number of anilines is 1. The average molecular weight is 400 g/mol. The van der Waals surface area contributed by atoms with Crippen LogP contribution in [0.2, 0.25) is 0 Å². The molecule has 0 radical (unpaired) electrons. The molecule has 6 nitrogen and oxygen atoms in total. The minimum absolute atomic E-state index is 0.361. The normalized spacial score (nSPS) is 10.3. The van der Waals surface area contributed by atoms with Gasteiger partial charge >= 0.3 is 5.97 Å². The number of ether oxygens (including phenoxy) is 1. The van der Waals surface area contributed by atoms with E-state index in [1.165, 1.54) is 0 Å². The highest BCUT2D eigenvalue weighted by Crippen LogP contribution is 2.21. The molecule has 126 valence electrons. The van der Waals surface area contributed by atoms with Gasteiger partial charge in [-0.05, 0) is 40.2 Å². The summed E-state index contributed by atoms with van der Waals surface area (Å²) in [6.07, 6.45) is 3.38. The molecule has 2 N–H and O–H groups in total. The molecule has 3 aromatic rings. The largest absolute Gasteiger partial charge is 0.452 e. The minimum atomic E-state index is -0.562. The van der Waals surface area contributed by atoms with E-state index in [0.717, 1.165) is 10.0 Å². The molecule has 1 aromatic heterocycles. The third-order valence-corrected chi connectivity index (χ3v) is 4.07. The lowest BCUT2D eigenvalue weighted by atomic mass is 10.1. The van der Waals surface area contributed by atoms with Gasteiger partial charge in [-0.1, -0.05) is 24.3 Å². The first-order chi connectivity index (χ1) is 12.1. The summed E-state index contributed by atoms with van der Waals surface area (Å²) in [4.78, 5) is 31.0. The number of hydrogen-bond donors (Lipinski definition) is 2. The Morgan fingerprint density at radius 1 is 1.12 bits per heavy atom. The molecule has 0 aliphatic rings. The van der Waals surface area contributed by atoms with Gasteiger partial charge in [-0.3, -0.25) is 4.79 Å². The molecule has 7 heteroatoms. The van der Waals surface area contributed by atoms with Crippen molar-refractivity contribution in [2.75, 3.05) is 11.9 Å². The Morgan fingerprint density at radius 3 is 2.56 bits per heavy atom. The zero-order valence-electron chi connectivity index (χ0n) is 13.0. The number of H-pyrrole nitrogens is 1. The highest BCUT2D eigenvalue weighted by Gasteiger charge is 2.11. The first-order valence-electron chi connectivity index (χ1n) is 7.45. The maximum Gasteiger partial charge on any atom is 0.338 e. The van der Waals surface area contributed by atoms with Crippen molar-refractivity contribution < 1.29 is 14.3 Å². The van der Waals surface area contributed by atoms with Crippen molar-refractivity contribution in [2.45, 2.75) is 0 Å². The van der Waals surface area contributed by atoms with Gasteiger partial charge in [0.25, 0.3) is 5.91 Å². The maximum absolute atomic E-state index is 12.0. The molecule has 2 aromatic carbocycles. The molecule has 0 aliphatic heterocycles. The van der Waals surface area contributed by atoms with Gasteiger partial charge in [0.05, 0.1) is 11.3 Å². The summed E-state index contributed by atoms with van der Waals surface area (Å²) in [5.41, 5.74) is 1.84. The number of nitrogens with one attached hydrogen (secondary N) is 2. The fraction of sp³-hybridized carbons (Fsp3) is 0.0556. The molecule has 0 saturated heterocycles. The Morgan fingerprint density at radius 2 is 1.88 bits per heavy atom. The topological polar surface area (TPSA) is 84.1 Å². The molecule has 25 heavy (non-hydrogen) atoms. The molecule has 0 fully saturated rings. The van der Waals surface area contributed by atoms with Crippen LogP contribution >= 0.6 is 15.9 Å². The van der Waals surface area contributed by atoms with Crippen LogP contribution in [0.1, 0.15) is 10.4 Å². The molecule has 0 spiro atoms. The van der Waals surface area contributed by atoms with Crippen molar-refractivity contribution in [3.05, 3.63) is 71.0 Å². The van der Waals surface area contributed by atoms with E-state index in [9.17, 15) is 9.59 Å². The number of esters is 1. The number of imidazole rings is 1. The number of rotatable bonds is 5. The fourth-order valence-electron chi connectivity index (χ4n) is 2.15. The number of carbonyl (C=O) groups excluding carboxylic acids is 2. The molecule has 0 atom stereocenters. The van der Waals surface area contributed by atoms with Crippen LogP contribution in [-0.2, 0) is 9.53 Å². The molecular weight excluding hydrogens is 386 g/mol. The van der Waals surface area contributed by atoms with Crippen LogP contribution in [0, 0.1) is 0 Å². The lowest BCUT2D eigenvalue weighted by Crippen LogP contribution is -2.21. The van der Waals surface area contributed by atoms with Crippen LogP contribution in [0.5, 0.6) is 0 Å². The Kier molecular flexibility index (Phi) is 5.25. The Labute approximate surface area is 152 Å². The third-order valence-electron chi connectivity index (χ3n) is 3.37. The zero-order valence-corrected chi connectivity index (χ0v) is 14.6. The fourth-order valence-corrected chi connectivity index (χ4v) is 2.53. The van der Waals surface area contributed by atoms with Crippen molar-refractivity contribution in [3.63, 3.8) is 0 Å². The van der Waals surface area contributed by atoms with Crippen molar-refractivity contribution in [1.82, 2.24) is 9.97 Å². The Balaban J connectivity index is 1.55. The van der Waals surface area contributed by atoms with Crippen LogP contribution in [0.15, 0.2) is 65.4 Å². The Hall–Kier alpha value is -2.93. The summed E-state index contributed by atoms with van der Waals surface area (Å²) < 4.78 is 5.80. The highest BCUT2D eigenvalue weighted by atomic mass is 79.9. The van der Waals surface area contributed by atoms with Gasteiger partial charge in [-0.25, -0.2) is 9.78 Å². The molecule has 0 unspecified atom stereocenters. The van der Waals surface area contributed by atoms with Gasteiger partial charge < -0.3 is 15.0 Å². The van der Waals surface area contributed by atoms with Gasteiger partial charge in [0, 0.05) is 22.4 Å². The summed E-state index contributed by atoms with van der Waals surface area (Å²) in [7, 11) is 0. The number of amides is 1. The predicted molar refractivity (Wildman–Crippen MR) is 97.1 cm³/mol. The first-order valence-corrected chi connectivity index (χ1v) is 8.24. The van der Waals surface area contributed by atoms with Crippen LogP contribution in [0.25, 0.3) is 11.4 Å². The molecule has 0 saturated carbocycles. The number of para-hydroxylation sites is 1. The highest BCUT2D eigenvalue weighted by molar-refractivity contribution is 9.10. The second-order valence-corrected chi connectivity index (χ2v) is 5.97. The predicted octanol–water partition coefficient (Wildman–Crippen LogP) is 3.63. The standard InChI is InChI=1S/C18H14BrN3O3/c19-14-3-1-2-4-15(14)22-16(23)11-25-18(24)13-7-5-12(6-8-13)17-20-9-10-21-17/h1-10H,11H2,(H,20,21)(H,22,23). The second kappa shape index (κ2) is 7.76. The van der Waals surface area contributed by atoms with E-state index < -0.39 is 11.9 Å². The third kappa shape index (κ3) is 4.33. The smallest absolute Gasteiger partial charge is 0.338 e. The summed E-state index contributed by atoms with van der Waals surface area (Å²) in [5, 5.41) is 2.67. The van der Waals surface area contributed by atoms with Crippen molar-refractivity contribution in [1.29, 1.82) is 0 Å². The molecule has 0 aliphatic carbocycles. The number of aromatic nitrogens is 2. The number of hydrogen-bond acceptors (Lipinski definition) is 4. The number of benzene rings is 2. The summed E-state index contributed by atoms with van der Waals surface area (Å²) in [6, 6.07) is 14.0. The lowest BCUT2D eigenvalue weighted by Gasteiger charge is -2.08. The first kappa shape index (κ1) is 16.9. The van der Waals surface area contributed by atoms with Gasteiger partial charge in [-0.2, -0.15) is 0 Å². The number of halogens is 1. The number of aromatic amines is 1. The summed E-state index contributed by atoms with van der Waals surface area (Å²) in [6.45, 7) is -0.361. The quantitative estimate of drug-likeness (QED) is 0.641. The Bertz CT molecular complexity index is 877. The van der Waals surface area contributed by atoms with Crippen LogP contribution in [-0.4, -0.2) is 28.5 Å². The molecule has 3 rings (SSSR count). The summed E-state index contributed by atoms with van der Waals surface area (Å²) >= 11 is 3.33. The van der Waals surface area contributed by atoms with Crippen LogP contribution in [0.4, 0.5) is 5.69 Å². The van der Waals surface area contributed by atoms with E-state index in [2.05, 4.69) is 31.2 Å². The van der Waals surface area contributed by atoms with E-state index in [4.69, 9.17) is 4.74 Å². The van der Waals surface area contributed by atoms with Gasteiger partial charge in [0.1, 0.15) is 5.82 Å². The number of carbonyl (C=O) groups is 2. The van der Waals surface area contributed by atoms with Crippen molar-refractivity contribution >= 4 is 33.5 Å². The molecular formula is C18H14BrN3O3. The van der Waals surface area contributed by atoms with Gasteiger partial charge in [0.15, 0.2) is 6.61 Å². The van der Waals surface area contributed by atoms with E-state index in [1.54, 1.807) is 48.8 Å². The van der Waals surface area contributed by atoms with E-state index in [1.807, 2.05) is 12.1 Å². The van der Waals surface area contributed by atoms with E-state index in [0.29, 0.717) is 17.1 Å². The monoisotopic (exact) mass is 399 g/mol. The average Bonchev–Trinajstić information content (AvgIpc) is 3.16. The minimum Gasteiger partial charge on any atom is -0.452 e. The zero-order chi connectivity index (χ0) is 17.6. The molecule has 1 amide bonds. The maximum atomic E-state index is 12.0. The van der Waals surface area contributed by atoms with Gasteiger partial charge in [0.2, 0.25) is 0 Å².